The number of nitriles is 1. The van der Waals surface area contributed by atoms with Gasteiger partial charge in [-0.15, -0.1) is 0 Å². The lowest BCUT2D eigenvalue weighted by Gasteiger charge is -2.24. The number of carbonyl (C=O) groups excluding carboxylic acids is 1. The first-order valence-corrected chi connectivity index (χ1v) is 9.55. The van der Waals surface area contributed by atoms with E-state index in [1.807, 2.05) is 6.07 Å². The molecule has 0 aliphatic carbocycles. The van der Waals surface area contributed by atoms with Crippen molar-refractivity contribution < 1.29 is 24.6 Å². The zero-order chi connectivity index (χ0) is 21.7. The highest BCUT2D eigenvalue weighted by molar-refractivity contribution is 5.88. The van der Waals surface area contributed by atoms with E-state index in [4.69, 9.17) is 4.74 Å². The number of nitrogens with one attached hydrogen (secondary N) is 1. The number of pyridine rings is 1. The molecule has 1 aromatic carbocycles. The van der Waals surface area contributed by atoms with Gasteiger partial charge in [-0.1, -0.05) is 12.1 Å². The van der Waals surface area contributed by atoms with Crippen LogP contribution in [0.5, 0.6) is 5.88 Å². The number of aromatic hydroxyl groups is 1. The molecule has 0 saturated carbocycles. The Kier molecular flexibility index (Phi) is 6.61. The molecule has 0 bridgehead atoms. The van der Waals surface area contributed by atoms with Crippen LogP contribution in [0.3, 0.4) is 0 Å². The molecule has 156 valence electrons. The predicted molar refractivity (Wildman–Crippen MR) is 106 cm³/mol. The summed E-state index contributed by atoms with van der Waals surface area (Å²) in [5, 5.41) is 31.0. The van der Waals surface area contributed by atoms with Crippen LogP contribution < -0.4 is 15.6 Å². The Morgan fingerprint density at radius 3 is 2.63 bits per heavy atom. The second kappa shape index (κ2) is 9.35. The number of nitrogens with zero attached hydrogens (tertiary/aromatic N) is 3. The SMILES string of the molecule is Cc1c(C=Nc2ccc(C(=O)[O-])cc2)c(O)n(CC[NH+]2CCOCC2)c(=O)c1C#N. The molecule has 9 nitrogen and oxygen atoms in total. The number of aromatic carboxylic acids is 1. The van der Waals surface area contributed by atoms with E-state index >= 15 is 0 Å². The van der Waals surface area contributed by atoms with E-state index in [1.54, 1.807) is 6.92 Å². The summed E-state index contributed by atoms with van der Waals surface area (Å²) in [6, 6.07) is 7.64. The maximum Gasteiger partial charge on any atom is 0.271 e. The highest BCUT2D eigenvalue weighted by Crippen LogP contribution is 2.21. The third-order valence-electron chi connectivity index (χ3n) is 5.18. The quantitative estimate of drug-likeness (QED) is 0.573. The average molecular weight is 410 g/mol. The van der Waals surface area contributed by atoms with Crippen molar-refractivity contribution in [2.75, 3.05) is 32.8 Å². The Hall–Kier alpha value is -3.48. The molecular weight excluding hydrogens is 388 g/mol. The first kappa shape index (κ1) is 21.2. The Labute approximate surface area is 173 Å². The van der Waals surface area contributed by atoms with Crippen molar-refractivity contribution in [2.24, 2.45) is 4.99 Å². The molecule has 1 saturated heterocycles. The first-order chi connectivity index (χ1) is 14.4. The summed E-state index contributed by atoms with van der Waals surface area (Å²) >= 11 is 0. The summed E-state index contributed by atoms with van der Waals surface area (Å²) < 4.78 is 6.53. The van der Waals surface area contributed by atoms with Crippen molar-refractivity contribution in [3.05, 3.63) is 56.9 Å². The third kappa shape index (κ3) is 4.56. The number of benzene rings is 1. The van der Waals surface area contributed by atoms with Crippen molar-refractivity contribution >= 4 is 17.9 Å². The van der Waals surface area contributed by atoms with E-state index in [0.717, 1.165) is 13.1 Å². The minimum atomic E-state index is -1.29. The van der Waals surface area contributed by atoms with Gasteiger partial charge in [0.25, 0.3) is 5.56 Å². The number of quaternary nitrogens is 1. The fourth-order valence-electron chi connectivity index (χ4n) is 3.34. The maximum absolute atomic E-state index is 12.7. The molecule has 0 amide bonds. The van der Waals surface area contributed by atoms with Crippen molar-refractivity contribution in [2.45, 2.75) is 13.5 Å². The zero-order valence-electron chi connectivity index (χ0n) is 16.6. The molecule has 1 aromatic heterocycles. The van der Waals surface area contributed by atoms with E-state index in [2.05, 4.69) is 4.99 Å². The van der Waals surface area contributed by atoms with Crippen LogP contribution in [0, 0.1) is 18.3 Å². The smallest absolute Gasteiger partial charge is 0.271 e. The average Bonchev–Trinajstić information content (AvgIpc) is 2.75. The van der Waals surface area contributed by atoms with Crippen LogP contribution in [0.1, 0.15) is 27.0 Å². The number of carboxylic acids is 1. The van der Waals surface area contributed by atoms with Gasteiger partial charge in [-0.3, -0.25) is 14.4 Å². The lowest BCUT2D eigenvalue weighted by molar-refractivity contribution is -0.908. The van der Waals surface area contributed by atoms with Gasteiger partial charge >= 0.3 is 0 Å². The third-order valence-corrected chi connectivity index (χ3v) is 5.18. The lowest BCUT2D eigenvalue weighted by atomic mass is 10.1. The standard InChI is InChI=1S/C21H22N4O5/c1-14-17(12-22)19(26)25(7-6-24-8-10-30-11-9-24)20(27)18(14)13-23-16-4-2-15(3-5-16)21(28)29/h2-5,13,27H,6-11H2,1H3,(H,28,29). The highest BCUT2D eigenvalue weighted by Gasteiger charge is 2.20. The monoisotopic (exact) mass is 410 g/mol. The van der Waals surface area contributed by atoms with Gasteiger partial charge in [0.05, 0.1) is 43.5 Å². The lowest BCUT2D eigenvalue weighted by Crippen LogP contribution is -3.14. The van der Waals surface area contributed by atoms with E-state index in [1.165, 1.54) is 39.9 Å². The van der Waals surface area contributed by atoms with Gasteiger partial charge < -0.3 is 24.6 Å². The highest BCUT2D eigenvalue weighted by atomic mass is 16.5. The molecule has 2 N–H and O–H groups in total. The van der Waals surface area contributed by atoms with Crippen LogP contribution in [0.2, 0.25) is 0 Å². The number of carboxylic acid groups (broad SMARTS) is 1. The molecule has 1 aliphatic heterocycles. The van der Waals surface area contributed by atoms with Crippen molar-refractivity contribution in [3.8, 4) is 11.9 Å². The van der Waals surface area contributed by atoms with E-state index in [0.29, 0.717) is 31.0 Å². The zero-order valence-corrected chi connectivity index (χ0v) is 16.6. The van der Waals surface area contributed by atoms with Crippen LogP contribution in [0.4, 0.5) is 5.69 Å². The first-order valence-electron chi connectivity index (χ1n) is 9.55. The topological polar surface area (TPSA) is 132 Å². The molecule has 0 radical (unpaired) electrons. The Morgan fingerprint density at radius 2 is 2.03 bits per heavy atom. The second-order valence-corrected chi connectivity index (χ2v) is 7.01. The minimum absolute atomic E-state index is 0.0268. The molecule has 3 rings (SSSR count). The molecule has 9 heteroatoms. The van der Waals surface area contributed by atoms with Gasteiger partial charge in [0.2, 0.25) is 5.88 Å². The van der Waals surface area contributed by atoms with Crippen molar-refractivity contribution in [3.63, 3.8) is 0 Å². The number of ether oxygens (including phenoxy) is 1. The Balaban J connectivity index is 1.92. The molecule has 30 heavy (non-hydrogen) atoms. The molecule has 2 aromatic rings. The normalized spacial score (nSPS) is 14.7. The van der Waals surface area contributed by atoms with Crippen molar-refractivity contribution in [1.29, 1.82) is 5.26 Å². The number of aromatic nitrogens is 1. The molecule has 2 heterocycles. The molecule has 0 unspecified atom stereocenters. The van der Waals surface area contributed by atoms with Gasteiger partial charge in [-0.25, -0.2) is 0 Å². The van der Waals surface area contributed by atoms with E-state index < -0.39 is 11.5 Å². The summed E-state index contributed by atoms with van der Waals surface area (Å²) in [7, 11) is 0. The molecule has 1 aliphatic rings. The second-order valence-electron chi connectivity index (χ2n) is 7.01. The van der Waals surface area contributed by atoms with Crippen LogP contribution in [-0.2, 0) is 11.3 Å². The van der Waals surface area contributed by atoms with Crippen LogP contribution in [-0.4, -0.2) is 54.7 Å². The molecule has 1 fully saturated rings. The van der Waals surface area contributed by atoms with Gasteiger partial charge in [0, 0.05) is 6.21 Å². The predicted octanol–water partition coefficient (Wildman–Crippen LogP) is -1.24. The summed E-state index contributed by atoms with van der Waals surface area (Å²) in [4.78, 5) is 29.0. The number of hydrogen-bond acceptors (Lipinski definition) is 7. The van der Waals surface area contributed by atoms with Crippen molar-refractivity contribution in [1.82, 2.24) is 4.57 Å². The summed E-state index contributed by atoms with van der Waals surface area (Å²) in [6.07, 6.45) is 1.37. The Morgan fingerprint density at radius 1 is 1.37 bits per heavy atom. The van der Waals surface area contributed by atoms with Gasteiger partial charge in [0.15, 0.2) is 0 Å². The Bertz CT molecular complexity index is 1060. The van der Waals surface area contributed by atoms with E-state index in [9.17, 15) is 25.1 Å². The van der Waals surface area contributed by atoms with Crippen LogP contribution >= 0.6 is 0 Å². The molecule has 0 atom stereocenters. The summed E-state index contributed by atoms with van der Waals surface area (Å²) in [5.41, 5.74) is 0.512. The molecular formula is C21H22N4O5. The van der Waals surface area contributed by atoms with Gasteiger partial charge in [-0.05, 0) is 30.2 Å². The summed E-state index contributed by atoms with van der Waals surface area (Å²) in [6.45, 7) is 5.41. The largest absolute Gasteiger partial charge is 0.545 e. The molecule has 0 spiro atoms. The van der Waals surface area contributed by atoms with Gasteiger partial charge in [-0.2, -0.15) is 5.26 Å². The number of carbonyl (C=O) groups is 1. The minimum Gasteiger partial charge on any atom is -0.545 e. The fraction of sp³-hybridized carbons (Fsp3) is 0.333. The summed E-state index contributed by atoms with van der Waals surface area (Å²) in [5.74, 6) is -1.54. The fourth-order valence-corrected chi connectivity index (χ4v) is 3.34. The number of morpholine rings is 1. The van der Waals surface area contributed by atoms with E-state index in [-0.39, 0.29) is 29.1 Å². The number of rotatable bonds is 6. The van der Waals surface area contributed by atoms with Crippen LogP contribution in [0.25, 0.3) is 0 Å². The maximum atomic E-state index is 12.7. The number of hydrogen-bond donors (Lipinski definition) is 2. The van der Waals surface area contributed by atoms with Crippen LogP contribution in [0.15, 0.2) is 34.1 Å². The van der Waals surface area contributed by atoms with Gasteiger partial charge in [0.1, 0.15) is 24.7 Å². The number of aliphatic imine (C=N–C) groups is 1.